The number of carbonyl (C=O) groups is 1. The molecule has 130 valence electrons. The Kier molecular flexibility index (Phi) is 6.04. The molecule has 2 aromatic rings. The van der Waals surface area contributed by atoms with Gasteiger partial charge >= 0.3 is 5.97 Å². The van der Waals surface area contributed by atoms with Gasteiger partial charge in [-0.3, -0.25) is 0 Å². The first-order valence-electron chi connectivity index (χ1n) is 7.41. The summed E-state index contributed by atoms with van der Waals surface area (Å²) >= 11 is 5.81. The Labute approximate surface area is 146 Å². The second kappa shape index (κ2) is 7.83. The third kappa shape index (κ3) is 4.59. The van der Waals surface area contributed by atoms with Crippen LogP contribution in [0.15, 0.2) is 41.4 Å². The van der Waals surface area contributed by atoms with Gasteiger partial charge in [-0.05, 0) is 37.1 Å². The Morgan fingerprint density at radius 1 is 1.29 bits per heavy atom. The first-order chi connectivity index (χ1) is 11.3. The fourth-order valence-electron chi connectivity index (χ4n) is 2.15. The first-order valence-corrected chi connectivity index (χ1v) is 9.27. The number of nitrogens with zero attached hydrogens (tertiary/aromatic N) is 1. The standard InChI is InChI=1S/C16H19ClN2O4S/c1-3-23-16(20)15-10-14(11-19(15)2)24(21,22)18-9-8-12-4-6-13(17)7-5-12/h4-7,10-11,18H,3,8-9H2,1-2H3. The topological polar surface area (TPSA) is 77.4 Å². The van der Waals surface area contributed by atoms with Crippen molar-refractivity contribution in [3.63, 3.8) is 0 Å². The highest BCUT2D eigenvalue weighted by Crippen LogP contribution is 2.15. The summed E-state index contributed by atoms with van der Waals surface area (Å²) in [5, 5.41) is 0.634. The number of hydrogen-bond donors (Lipinski definition) is 1. The molecule has 8 heteroatoms. The van der Waals surface area contributed by atoms with Gasteiger partial charge < -0.3 is 9.30 Å². The van der Waals surface area contributed by atoms with Gasteiger partial charge in [-0.2, -0.15) is 0 Å². The third-order valence-corrected chi connectivity index (χ3v) is 5.07. The number of esters is 1. The van der Waals surface area contributed by atoms with E-state index in [1.54, 1.807) is 26.1 Å². The van der Waals surface area contributed by atoms with E-state index >= 15 is 0 Å². The number of ether oxygens (including phenoxy) is 1. The highest BCUT2D eigenvalue weighted by molar-refractivity contribution is 7.89. The summed E-state index contributed by atoms with van der Waals surface area (Å²) in [7, 11) is -2.10. The second-order valence-corrected chi connectivity index (χ2v) is 7.37. The van der Waals surface area contributed by atoms with Crippen LogP contribution in [0.3, 0.4) is 0 Å². The molecule has 0 fully saturated rings. The zero-order chi connectivity index (χ0) is 17.7. The number of sulfonamides is 1. The Morgan fingerprint density at radius 2 is 1.96 bits per heavy atom. The van der Waals surface area contributed by atoms with Crippen molar-refractivity contribution in [1.29, 1.82) is 0 Å². The third-order valence-electron chi connectivity index (χ3n) is 3.39. The van der Waals surface area contributed by atoms with E-state index in [1.807, 2.05) is 12.1 Å². The van der Waals surface area contributed by atoms with Crippen LogP contribution in [0, 0.1) is 0 Å². The minimum Gasteiger partial charge on any atom is -0.461 e. The van der Waals surface area contributed by atoms with Crippen LogP contribution in [0.1, 0.15) is 23.0 Å². The molecule has 0 aliphatic heterocycles. The van der Waals surface area contributed by atoms with Gasteiger partial charge in [0.25, 0.3) is 0 Å². The van der Waals surface area contributed by atoms with E-state index in [1.165, 1.54) is 16.8 Å². The molecule has 0 spiro atoms. The van der Waals surface area contributed by atoms with Gasteiger partial charge in [0, 0.05) is 24.8 Å². The van der Waals surface area contributed by atoms with Gasteiger partial charge in [0.1, 0.15) is 10.6 Å². The van der Waals surface area contributed by atoms with Gasteiger partial charge in [-0.25, -0.2) is 17.9 Å². The van der Waals surface area contributed by atoms with E-state index in [-0.39, 0.29) is 23.7 Å². The number of halogens is 1. The van der Waals surface area contributed by atoms with Crippen LogP contribution in [0.4, 0.5) is 0 Å². The number of rotatable bonds is 7. The lowest BCUT2D eigenvalue weighted by atomic mass is 10.2. The number of aryl methyl sites for hydroxylation is 1. The second-order valence-electron chi connectivity index (χ2n) is 5.17. The van der Waals surface area contributed by atoms with Gasteiger partial charge in [0.2, 0.25) is 10.0 Å². The summed E-state index contributed by atoms with van der Waals surface area (Å²) in [6.45, 7) is 2.16. The SMILES string of the molecule is CCOC(=O)c1cc(S(=O)(=O)NCCc2ccc(Cl)cc2)cn1C. The van der Waals surface area contributed by atoms with Crippen LogP contribution in [0.25, 0.3) is 0 Å². The minimum absolute atomic E-state index is 0.0316. The van der Waals surface area contributed by atoms with E-state index in [9.17, 15) is 13.2 Å². The zero-order valence-electron chi connectivity index (χ0n) is 13.5. The quantitative estimate of drug-likeness (QED) is 0.759. The molecule has 2 rings (SSSR count). The van der Waals surface area contributed by atoms with Crippen LogP contribution < -0.4 is 4.72 Å². The molecule has 1 heterocycles. The molecule has 1 N–H and O–H groups in total. The van der Waals surface area contributed by atoms with Crippen LogP contribution in [0.2, 0.25) is 5.02 Å². The van der Waals surface area contributed by atoms with Crippen molar-refractivity contribution in [1.82, 2.24) is 9.29 Å². The fourth-order valence-corrected chi connectivity index (χ4v) is 3.38. The highest BCUT2D eigenvalue weighted by atomic mass is 35.5. The molecule has 0 unspecified atom stereocenters. The summed E-state index contributed by atoms with van der Waals surface area (Å²) in [6, 6.07) is 8.51. The number of aromatic nitrogens is 1. The smallest absolute Gasteiger partial charge is 0.354 e. The maximum atomic E-state index is 12.3. The van der Waals surface area contributed by atoms with E-state index in [4.69, 9.17) is 16.3 Å². The molecular formula is C16H19ClN2O4S. The average Bonchev–Trinajstić information content (AvgIpc) is 2.92. The lowest BCUT2D eigenvalue weighted by Crippen LogP contribution is -2.25. The van der Waals surface area contributed by atoms with Crippen molar-refractivity contribution in [2.45, 2.75) is 18.2 Å². The molecule has 1 aromatic heterocycles. The van der Waals surface area contributed by atoms with E-state index in [0.29, 0.717) is 11.4 Å². The molecule has 0 radical (unpaired) electrons. The number of benzene rings is 1. The molecule has 0 amide bonds. The maximum absolute atomic E-state index is 12.3. The lowest BCUT2D eigenvalue weighted by molar-refractivity contribution is 0.0515. The van der Waals surface area contributed by atoms with Crippen molar-refractivity contribution in [2.24, 2.45) is 7.05 Å². The predicted octanol–water partition coefficient (Wildman–Crippen LogP) is 2.38. The molecule has 0 saturated carbocycles. The van der Waals surface area contributed by atoms with Crippen molar-refractivity contribution < 1.29 is 17.9 Å². The van der Waals surface area contributed by atoms with E-state index < -0.39 is 16.0 Å². The van der Waals surface area contributed by atoms with Crippen molar-refractivity contribution >= 4 is 27.6 Å². The molecule has 24 heavy (non-hydrogen) atoms. The average molecular weight is 371 g/mol. The maximum Gasteiger partial charge on any atom is 0.354 e. The lowest BCUT2D eigenvalue weighted by Gasteiger charge is -2.05. The van der Waals surface area contributed by atoms with E-state index in [2.05, 4.69) is 4.72 Å². The van der Waals surface area contributed by atoms with Crippen LogP contribution >= 0.6 is 11.6 Å². The zero-order valence-corrected chi connectivity index (χ0v) is 15.0. The van der Waals surface area contributed by atoms with Gasteiger partial charge in [0.05, 0.1) is 6.61 Å². The van der Waals surface area contributed by atoms with Crippen LogP contribution in [-0.4, -0.2) is 32.1 Å². The molecule has 0 aliphatic carbocycles. The van der Waals surface area contributed by atoms with Crippen molar-refractivity contribution in [3.8, 4) is 0 Å². The first kappa shape index (κ1) is 18.5. The fraction of sp³-hybridized carbons (Fsp3) is 0.312. The highest BCUT2D eigenvalue weighted by Gasteiger charge is 2.20. The Balaban J connectivity index is 2.03. The summed E-state index contributed by atoms with van der Waals surface area (Å²) in [6.07, 6.45) is 1.92. The summed E-state index contributed by atoms with van der Waals surface area (Å²) in [5.41, 5.74) is 1.16. The normalized spacial score (nSPS) is 11.5. The minimum atomic E-state index is -3.69. The summed E-state index contributed by atoms with van der Waals surface area (Å²) in [4.78, 5) is 11.8. The van der Waals surface area contributed by atoms with Crippen LogP contribution in [0.5, 0.6) is 0 Å². The molecule has 0 bridgehead atoms. The molecule has 0 saturated heterocycles. The van der Waals surface area contributed by atoms with Crippen LogP contribution in [-0.2, 0) is 28.2 Å². The monoisotopic (exact) mass is 370 g/mol. The van der Waals surface area contributed by atoms with Gasteiger partial charge in [0.15, 0.2) is 0 Å². The summed E-state index contributed by atoms with van der Waals surface area (Å²) < 4.78 is 33.5. The van der Waals surface area contributed by atoms with Gasteiger partial charge in [-0.15, -0.1) is 0 Å². The Morgan fingerprint density at radius 3 is 2.58 bits per heavy atom. The Bertz CT molecular complexity index is 813. The number of hydrogen-bond acceptors (Lipinski definition) is 4. The Hall–Kier alpha value is -1.83. The largest absolute Gasteiger partial charge is 0.461 e. The molecule has 6 nitrogen and oxygen atoms in total. The van der Waals surface area contributed by atoms with Crippen molar-refractivity contribution in [3.05, 3.63) is 52.8 Å². The predicted molar refractivity (Wildman–Crippen MR) is 91.7 cm³/mol. The molecule has 0 atom stereocenters. The summed E-state index contributed by atoms with van der Waals surface area (Å²) in [5.74, 6) is -0.553. The number of carbonyl (C=O) groups excluding carboxylic acids is 1. The molecular weight excluding hydrogens is 352 g/mol. The molecule has 0 aliphatic rings. The number of nitrogens with one attached hydrogen (secondary N) is 1. The molecule has 1 aromatic carbocycles. The van der Waals surface area contributed by atoms with Gasteiger partial charge in [-0.1, -0.05) is 23.7 Å². The van der Waals surface area contributed by atoms with Crippen molar-refractivity contribution in [2.75, 3.05) is 13.2 Å². The van der Waals surface area contributed by atoms with E-state index in [0.717, 1.165) is 5.56 Å².